The minimum atomic E-state index is -0.614. The first-order chi connectivity index (χ1) is 8.08. The van der Waals surface area contributed by atoms with Crippen LogP contribution in [0.2, 0.25) is 0 Å². The smallest absolute Gasteiger partial charge is 0.269 e. The third-order valence-corrected chi connectivity index (χ3v) is 2.51. The van der Waals surface area contributed by atoms with Gasteiger partial charge in [-0.3, -0.25) is 4.79 Å². The number of nitrogens with zero attached hydrogens (tertiary/aromatic N) is 1. The first-order valence-electron chi connectivity index (χ1n) is 5.21. The molecule has 1 heterocycles. The van der Waals surface area contributed by atoms with E-state index in [1.807, 2.05) is 31.2 Å². The maximum atomic E-state index is 11.1. The molecule has 0 saturated carbocycles. The monoisotopic (exact) mass is 227 g/mol. The first kappa shape index (κ1) is 11.1. The van der Waals surface area contributed by atoms with E-state index in [0.717, 1.165) is 5.56 Å². The van der Waals surface area contributed by atoms with Gasteiger partial charge in [-0.15, -0.1) is 0 Å². The van der Waals surface area contributed by atoms with Crippen molar-refractivity contribution < 1.29 is 4.79 Å². The van der Waals surface area contributed by atoms with Gasteiger partial charge in [0.25, 0.3) is 5.91 Å². The zero-order chi connectivity index (χ0) is 12.4. The molecule has 1 aromatic heterocycles. The highest BCUT2D eigenvalue weighted by molar-refractivity contribution is 5.96. The predicted octanol–water partition coefficient (Wildman–Crippen LogP) is 1.74. The van der Waals surface area contributed by atoms with Crippen molar-refractivity contribution in [1.29, 1.82) is 0 Å². The summed E-state index contributed by atoms with van der Waals surface area (Å²) in [5.74, 6) is -0.614. The molecule has 17 heavy (non-hydrogen) atoms. The normalized spacial score (nSPS) is 10.2. The van der Waals surface area contributed by atoms with E-state index in [-0.39, 0.29) is 5.69 Å². The van der Waals surface area contributed by atoms with Crippen LogP contribution in [-0.4, -0.2) is 10.9 Å². The van der Waals surface area contributed by atoms with Crippen molar-refractivity contribution in [3.05, 3.63) is 47.7 Å². The molecule has 86 valence electrons. The van der Waals surface area contributed by atoms with E-state index in [0.29, 0.717) is 11.4 Å². The van der Waals surface area contributed by atoms with E-state index >= 15 is 0 Å². The number of carbonyl (C=O) groups excluding carboxylic acids is 1. The van der Waals surface area contributed by atoms with Crippen LogP contribution in [0.5, 0.6) is 0 Å². The minimum absolute atomic E-state index is 0.114. The summed E-state index contributed by atoms with van der Waals surface area (Å²) < 4.78 is 0. The number of hydrogen-bond donors (Lipinski definition) is 2. The van der Waals surface area contributed by atoms with Crippen LogP contribution in [0.4, 0.5) is 5.69 Å². The second-order valence-electron chi connectivity index (χ2n) is 3.86. The van der Waals surface area contributed by atoms with Crippen molar-refractivity contribution in [2.45, 2.75) is 6.92 Å². The van der Waals surface area contributed by atoms with Gasteiger partial charge in [-0.1, -0.05) is 29.8 Å². The van der Waals surface area contributed by atoms with Crippen LogP contribution < -0.4 is 11.5 Å². The number of amides is 1. The quantitative estimate of drug-likeness (QED) is 0.819. The Morgan fingerprint density at radius 3 is 2.35 bits per heavy atom. The molecule has 4 nitrogen and oxygen atoms in total. The fourth-order valence-electron chi connectivity index (χ4n) is 1.55. The van der Waals surface area contributed by atoms with Crippen molar-refractivity contribution >= 4 is 11.6 Å². The zero-order valence-electron chi connectivity index (χ0n) is 9.47. The number of aromatic nitrogens is 1. The Hall–Kier alpha value is -2.36. The molecule has 0 fully saturated rings. The molecular weight excluding hydrogens is 214 g/mol. The van der Waals surface area contributed by atoms with E-state index in [1.165, 1.54) is 5.56 Å². The average molecular weight is 227 g/mol. The molecule has 4 heteroatoms. The average Bonchev–Trinajstić information content (AvgIpc) is 2.30. The molecule has 0 aliphatic rings. The summed E-state index contributed by atoms with van der Waals surface area (Å²) in [7, 11) is 0. The molecule has 4 N–H and O–H groups in total. The van der Waals surface area contributed by atoms with Crippen molar-refractivity contribution in [3.8, 4) is 11.3 Å². The molecule has 0 atom stereocenters. The second-order valence-corrected chi connectivity index (χ2v) is 3.86. The van der Waals surface area contributed by atoms with E-state index in [2.05, 4.69) is 4.98 Å². The summed E-state index contributed by atoms with van der Waals surface area (Å²) >= 11 is 0. The highest BCUT2D eigenvalue weighted by atomic mass is 16.1. The SMILES string of the molecule is Cc1ccc(-c2ccc(N)c(C(N)=O)n2)cc1. The lowest BCUT2D eigenvalue weighted by atomic mass is 10.1. The summed E-state index contributed by atoms with van der Waals surface area (Å²) in [6.07, 6.45) is 0. The van der Waals surface area contributed by atoms with Gasteiger partial charge in [-0.25, -0.2) is 4.98 Å². The second kappa shape index (κ2) is 4.25. The molecule has 1 aromatic carbocycles. The Labute approximate surface area is 99.3 Å². The number of nitrogen functional groups attached to an aromatic ring is 1. The molecular formula is C13H13N3O. The van der Waals surface area contributed by atoms with Crippen LogP contribution in [0, 0.1) is 6.92 Å². The van der Waals surface area contributed by atoms with Crippen LogP contribution in [-0.2, 0) is 0 Å². The van der Waals surface area contributed by atoms with Gasteiger partial charge < -0.3 is 11.5 Å². The fraction of sp³-hybridized carbons (Fsp3) is 0.0769. The number of pyridine rings is 1. The number of anilines is 1. The lowest BCUT2D eigenvalue weighted by Crippen LogP contribution is -2.15. The molecule has 1 amide bonds. The van der Waals surface area contributed by atoms with Crippen LogP contribution >= 0.6 is 0 Å². The maximum absolute atomic E-state index is 11.1. The van der Waals surface area contributed by atoms with Crippen molar-refractivity contribution in [2.75, 3.05) is 5.73 Å². The van der Waals surface area contributed by atoms with E-state index in [1.54, 1.807) is 12.1 Å². The maximum Gasteiger partial charge on any atom is 0.269 e. The fourth-order valence-corrected chi connectivity index (χ4v) is 1.55. The summed E-state index contributed by atoms with van der Waals surface area (Å²) in [4.78, 5) is 15.3. The third kappa shape index (κ3) is 2.25. The number of primary amides is 1. The van der Waals surface area contributed by atoms with Gasteiger partial charge in [-0.05, 0) is 19.1 Å². The van der Waals surface area contributed by atoms with Gasteiger partial charge in [0.05, 0.1) is 11.4 Å². The summed E-state index contributed by atoms with van der Waals surface area (Å²) in [6.45, 7) is 2.01. The van der Waals surface area contributed by atoms with Gasteiger partial charge in [-0.2, -0.15) is 0 Å². The molecule has 0 radical (unpaired) electrons. The Bertz CT molecular complexity index is 561. The standard InChI is InChI=1S/C13H13N3O/c1-8-2-4-9(5-3-8)11-7-6-10(14)12(16-11)13(15)17/h2-7H,14H2,1H3,(H2,15,17). The van der Waals surface area contributed by atoms with Crippen molar-refractivity contribution in [3.63, 3.8) is 0 Å². The van der Waals surface area contributed by atoms with Crippen LogP contribution in [0.15, 0.2) is 36.4 Å². The summed E-state index contributed by atoms with van der Waals surface area (Å²) in [6, 6.07) is 11.3. The number of benzene rings is 1. The summed E-state index contributed by atoms with van der Waals surface area (Å²) in [5, 5.41) is 0. The molecule has 0 saturated heterocycles. The van der Waals surface area contributed by atoms with E-state index in [4.69, 9.17) is 11.5 Å². The molecule has 2 aromatic rings. The number of carbonyl (C=O) groups is 1. The lowest BCUT2D eigenvalue weighted by Gasteiger charge is -2.05. The van der Waals surface area contributed by atoms with E-state index in [9.17, 15) is 4.79 Å². The first-order valence-corrected chi connectivity index (χ1v) is 5.21. The third-order valence-electron chi connectivity index (χ3n) is 2.51. The molecule has 0 bridgehead atoms. The van der Waals surface area contributed by atoms with Gasteiger partial charge >= 0.3 is 0 Å². The van der Waals surface area contributed by atoms with Gasteiger partial charge in [0.15, 0.2) is 5.69 Å². The molecule has 2 rings (SSSR count). The zero-order valence-corrected chi connectivity index (χ0v) is 9.47. The Balaban J connectivity index is 2.50. The molecule has 0 unspecified atom stereocenters. The Morgan fingerprint density at radius 1 is 1.12 bits per heavy atom. The number of rotatable bonds is 2. The predicted molar refractivity (Wildman–Crippen MR) is 67.3 cm³/mol. The van der Waals surface area contributed by atoms with Gasteiger partial charge in [0.1, 0.15) is 0 Å². The molecule has 0 aliphatic carbocycles. The largest absolute Gasteiger partial charge is 0.397 e. The summed E-state index contributed by atoms with van der Waals surface area (Å²) in [5.41, 5.74) is 14.0. The van der Waals surface area contributed by atoms with Crippen LogP contribution in [0.1, 0.15) is 16.1 Å². The topological polar surface area (TPSA) is 82.0 Å². The Kier molecular flexibility index (Phi) is 2.78. The highest BCUT2D eigenvalue weighted by Gasteiger charge is 2.09. The minimum Gasteiger partial charge on any atom is -0.397 e. The molecule has 0 spiro atoms. The van der Waals surface area contributed by atoms with Gasteiger partial charge in [0.2, 0.25) is 0 Å². The number of nitrogens with two attached hydrogens (primary N) is 2. The molecule has 0 aliphatic heterocycles. The van der Waals surface area contributed by atoms with Crippen LogP contribution in [0.25, 0.3) is 11.3 Å². The highest BCUT2D eigenvalue weighted by Crippen LogP contribution is 2.20. The van der Waals surface area contributed by atoms with Crippen LogP contribution in [0.3, 0.4) is 0 Å². The van der Waals surface area contributed by atoms with Crippen molar-refractivity contribution in [1.82, 2.24) is 4.98 Å². The van der Waals surface area contributed by atoms with E-state index < -0.39 is 5.91 Å². The lowest BCUT2D eigenvalue weighted by molar-refractivity contribution is 0.0996. The Morgan fingerprint density at radius 2 is 1.76 bits per heavy atom. The number of hydrogen-bond acceptors (Lipinski definition) is 3. The van der Waals surface area contributed by atoms with Gasteiger partial charge in [0, 0.05) is 5.56 Å². The number of aryl methyl sites for hydroxylation is 1. The van der Waals surface area contributed by atoms with Crippen molar-refractivity contribution in [2.24, 2.45) is 5.73 Å².